The molecule has 19 heavy (non-hydrogen) atoms. The molecule has 0 unspecified atom stereocenters. The summed E-state index contributed by atoms with van der Waals surface area (Å²) in [5.74, 6) is 0. The lowest BCUT2D eigenvalue weighted by Gasteiger charge is -2.00. The van der Waals surface area contributed by atoms with E-state index in [2.05, 4.69) is 5.16 Å². The molecule has 0 aliphatic carbocycles. The van der Waals surface area contributed by atoms with Crippen LogP contribution >= 0.6 is 11.6 Å². The minimum Gasteiger partial charge on any atom is -0.410 e. The standard InChI is InChI=1S/C16H14ClNO/c1-12-2-7-14(8-3-12)16(18-19)11-6-13-4-9-15(17)10-5-13/h2-11,19H,1H3/b11-6+,18-16+. The van der Waals surface area contributed by atoms with E-state index in [1.807, 2.05) is 61.5 Å². The van der Waals surface area contributed by atoms with Gasteiger partial charge in [-0.25, -0.2) is 0 Å². The molecule has 0 bridgehead atoms. The van der Waals surface area contributed by atoms with Crippen LogP contribution in [0.25, 0.3) is 6.08 Å². The van der Waals surface area contributed by atoms with Crippen molar-refractivity contribution in [3.8, 4) is 0 Å². The molecule has 3 heteroatoms. The van der Waals surface area contributed by atoms with Gasteiger partial charge in [0.2, 0.25) is 0 Å². The molecule has 2 nitrogen and oxygen atoms in total. The summed E-state index contributed by atoms with van der Waals surface area (Å²) in [6.45, 7) is 2.02. The van der Waals surface area contributed by atoms with Crippen LogP contribution in [-0.4, -0.2) is 10.9 Å². The molecule has 0 aromatic heterocycles. The number of rotatable bonds is 3. The third kappa shape index (κ3) is 3.70. The topological polar surface area (TPSA) is 32.6 Å². The van der Waals surface area contributed by atoms with E-state index in [0.717, 1.165) is 11.1 Å². The number of nitrogens with zero attached hydrogens (tertiary/aromatic N) is 1. The molecule has 2 aromatic carbocycles. The van der Waals surface area contributed by atoms with E-state index >= 15 is 0 Å². The molecule has 0 saturated heterocycles. The van der Waals surface area contributed by atoms with Crippen molar-refractivity contribution in [2.75, 3.05) is 0 Å². The molecule has 2 rings (SSSR count). The molecule has 0 atom stereocenters. The highest BCUT2D eigenvalue weighted by Gasteiger charge is 1.99. The van der Waals surface area contributed by atoms with Crippen LogP contribution in [0.5, 0.6) is 0 Å². The van der Waals surface area contributed by atoms with Gasteiger partial charge in [-0.05, 0) is 30.7 Å². The zero-order chi connectivity index (χ0) is 13.7. The fraction of sp³-hybridized carbons (Fsp3) is 0.0625. The molecule has 0 radical (unpaired) electrons. The lowest BCUT2D eigenvalue weighted by molar-refractivity contribution is 0.320. The summed E-state index contributed by atoms with van der Waals surface area (Å²) in [5.41, 5.74) is 3.56. The molecule has 0 aliphatic rings. The quantitative estimate of drug-likeness (QED) is 0.496. The van der Waals surface area contributed by atoms with Crippen LogP contribution in [0.3, 0.4) is 0 Å². The number of halogens is 1. The first-order valence-electron chi connectivity index (χ1n) is 5.92. The van der Waals surface area contributed by atoms with Crippen molar-refractivity contribution in [2.24, 2.45) is 5.16 Å². The first-order valence-corrected chi connectivity index (χ1v) is 6.29. The number of hydrogen-bond acceptors (Lipinski definition) is 2. The number of allylic oxidation sites excluding steroid dienone is 1. The average Bonchev–Trinajstić information content (AvgIpc) is 2.43. The van der Waals surface area contributed by atoms with E-state index in [0.29, 0.717) is 10.7 Å². The van der Waals surface area contributed by atoms with Crippen molar-refractivity contribution in [1.82, 2.24) is 0 Å². The van der Waals surface area contributed by atoms with Crippen molar-refractivity contribution < 1.29 is 5.21 Å². The van der Waals surface area contributed by atoms with Gasteiger partial charge in [0.05, 0.1) is 0 Å². The molecule has 0 fully saturated rings. The molecule has 1 N–H and O–H groups in total. The van der Waals surface area contributed by atoms with Crippen molar-refractivity contribution in [2.45, 2.75) is 6.92 Å². The van der Waals surface area contributed by atoms with Gasteiger partial charge < -0.3 is 5.21 Å². The van der Waals surface area contributed by atoms with Gasteiger partial charge in [0.15, 0.2) is 0 Å². The highest BCUT2D eigenvalue weighted by Crippen LogP contribution is 2.12. The molecule has 0 spiro atoms. The molecule has 96 valence electrons. The van der Waals surface area contributed by atoms with Crippen molar-refractivity contribution >= 4 is 23.4 Å². The number of hydrogen-bond donors (Lipinski definition) is 1. The Morgan fingerprint density at radius 3 is 2.26 bits per heavy atom. The summed E-state index contributed by atoms with van der Waals surface area (Å²) in [6, 6.07) is 15.3. The maximum absolute atomic E-state index is 9.09. The van der Waals surface area contributed by atoms with E-state index in [4.69, 9.17) is 16.8 Å². The molecule has 0 amide bonds. The zero-order valence-electron chi connectivity index (χ0n) is 10.5. The molecule has 0 heterocycles. The summed E-state index contributed by atoms with van der Waals surface area (Å²) in [5, 5.41) is 13.1. The van der Waals surface area contributed by atoms with Crippen molar-refractivity contribution in [3.63, 3.8) is 0 Å². The van der Waals surface area contributed by atoms with E-state index in [9.17, 15) is 0 Å². The number of benzene rings is 2. The Labute approximate surface area is 117 Å². The van der Waals surface area contributed by atoms with Gasteiger partial charge in [-0.15, -0.1) is 0 Å². The second-order valence-electron chi connectivity index (χ2n) is 4.24. The summed E-state index contributed by atoms with van der Waals surface area (Å²) in [4.78, 5) is 0. The molecular formula is C16H14ClNO. The van der Waals surface area contributed by atoms with Crippen molar-refractivity contribution in [1.29, 1.82) is 0 Å². The predicted octanol–water partition coefficient (Wildman–Crippen LogP) is 4.54. The van der Waals surface area contributed by atoms with E-state index in [1.165, 1.54) is 5.56 Å². The van der Waals surface area contributed by atoms with Crippen LogP contribution in [0.4, 0.5) is 0 Å². The van der Waals surface area contributed by atoms with Gasteiger partial charge in [-0.1, -0.05) is 64.8 Å². The van der Waals surface area contributed by atoms with Crippen LogP contribution in [0, 0.1) is 6.92 Å². The smallest absolute Gasteiger partial charge is 0.109 e. The van der Waals surface area contributed by atoms with Gasteiger partial charge >= 0.3 is 0 Å². The summed E-state index contributed by atoms with van der Waals surface area (Å²) in [7, 11) is 0. The minimum atomic E-state index is 0.523. The second-order valence-corrected chi connectivity index (χ2v) is 4.67. The van der Waals surface area contributed by atoms with Crippen LogP contribution in [0.15, 0.2) is 59.8 Å². The lowest BCUT2D eigenvalue weighted by atomic mass is 10.1. The Kier molecular flexibility index (Phi) is 4.37. The Bertz CT molecular complexity index is 598. The summed E-state index contributed by atoms with van der Waals surface area (Å²) >= 11 is 5.82. The fourth-order valence-electron chi connectivity index (χ4n) is 1.66. The van der Waals surface area contributed by atoms with Crippen LogP contribution in [0.1, 0.15) is 16.7 Å². The van der Waals surface area contributed by atoms with Gasteiger partial charge in [0, 0.05) is 10.6 Å². The lowest BCUT2D eigenvalue weighted by Crippen LogP contribution is -1.96. The summed E-state index contributed by atoms with van der Waals surface area (Å²) in [6.07, 6.45) is 3.65. The number of aryl methyl sites for hydroxylation is 1. The van der Waals surface area contributed by atoms with Crippen LogP contribution < -0.4 is 0 Å². The van der Waals surface area contributed by atoms with E-state index in [1.54, 1.807) is 6.08 Å². The minimum absolute atomic E-state index is 0.523. The molecule has 0 saturated carbocycles. The van der Waals surface area contributed by atoms with Crippen LogP contribution in [0.2, 0.25) is 5.02 Å². The van der Waals surface area contributed by atoms with Gasteiger partial charge in [0.1, 0.15) is 5.71 Å². The SMILES string of the molecule is Cc1ccc(C(/C=C/c2ccc(Cl)cc2)=N/O)cc1. The van der Waals surface area contributed by atoms with E-state index < -0.39 is 0 Å². The maximum atomic E-state index is 9.09. The summed E-state index contributed by atoms with van der Waals surface area (Å²) < 4.78 is 0. The Morgan fingerprint density at radius 2 is 1.68 bits per heavy atom. The highest BCUT2D eigenvalue weighted by molar-refractivity contribution is 6.30. The normalized spacial score (nSPS) is 12.0. The van der Waals surface area contributed by atoms with Crippen LogP contribution in [-0.2, 0) is 0 Å². The zero-order valence-corrected chi connectivity index (χ0v) is 11.3. The second kappa shape index (κ2) is 6.21. The molecule has 0 aliphatic heterocycles. The van der Waals surface area contributed by atoms with Gasteiger partial charge in [-0.2, -0.15) is 0 Å². The average molecular weight is 272 g/mol. The first kappa shape index (κ1) is 13.4. The molecular weight excluding hydrogens is 258 g/mol. The Balaban J connectivity index is 2.20. The largest absolute Gasteiger partial charge is 0.410 e. The van der Waals surface area contributed by atoms with Crippen molar-refractivity contribution in [3.05, 3.63) is 76.3 Å². The third-order valence-corrected chi connectivity index (χ3v) is 3.01. The monoisotopic (exact) mass is 271 g/mol. The first-order chi connectivity index (χ1) is 9.19. The third-order valence-electron chi connectivity index (χ3n) is 2.76. The van der Waals surface area contributed by atoms with E-state index in [-0.39, 0.29) is 0 Å². The fourth-order valence-corrected chi connectivity index (χ4v) is 1.79. The van der Waals surface area contributed by atoms with Gasteiger partial charge in [-0.3, -0.25) is 0 Å². The highest BCUT2D eigenvalue weighted by atomic mass is 35.5. The number of oxime groups is 1. The Hall–Kier alpha value is -2.06. The van der Waals surface area contributed by atoms with Gasteiger partial charge in [0.25, 0.3) is 0 Å². The predicted molar refractivity (Wildman–Crippen MR) is 80.0 cm³/mol. The maximum Gasteiger partial charge on any atom is 0.109 e. The molecule has 2 aromatic rings. The Morgan fingerprint density at radius 1 is 1.05 bits per heavy atom.